The molecule has 0 aromatic heterocycles. The molecule has 22 heavy (non-hydrogen) atoms. The molecule has 1 heterocycles. The number of hydrogen-bond donors (Lipinski definition) is 1. The number of piperidine rings is 1. The van der Waals surface area contributed by atoms with E-state index in [9.17, 15) is 17.6 Å². The predicted octanol–water partition coefficient (Wildman–Crippen LogP) is 1.43. The molecule has 1 saturated heterocycles. The van der Waals surface area contributed by atoms with Crippen LogP contribution in [0.1, 0.15) is 19.3 Å². The summed E-state index contributed by atoms with van der Waals surface area (Å²) in [6, 6.07) is 5.46. The monoisotopic (exact) mass is 329 g/mol. The number of anilines is 1. The van der Waals surface area contributed by atoms with E-state index in [2.05, 4.69) is 5.32 Å². The van der Waals surface area contributed by atoms with Crippen LogP contribution in [-0.4, -0.2) is 49.6 Å². The fraction of sp³-hybridized carbons (Fsp3) is 0.500. The quantitative estimate of drug-likeness (QED) is 0.888. The van der Waals surface area contributed by atoms with Crippen LogP contribution in [0.15, 0.2) is 24.3 Å². The maximum Gasteiger partial charge on any atom is 0.282 e. The Kier molecular flexibility index (Phi) is 5.49. The van der Waals surface area contributed by atoms with Crippen LogP contribution in [0.5, 0.6) is 0 Å². The number of rotatable bonds is 5. The molecule has 6 nitrogen and oxygen atoms in total. The van der Waals surface area contributed by atoms with E-state index in [0.717, 1.165) is 23.6 Å². The zero-order valence-corrected chi connectivity index (χ0v) is 13.3. The Bertz CT molecular complexity index is 630. The van der Waals surface area contributed by atoms with E-state index in [-0.39, 0.29) is 6.54 Å². The Morgan fingerprint density at radius 3 is 2.64 bits per heavy atom. The molecule has 0 atom stereocenters. The van der Waals surface area contributed by atoms with Crippen LogP contribution in [0.25, 0.3) is 0 Å². The lowest BCUT2D eigenvalue weighted by molar-refractivity contribution is -0.116. The van der Waals surface area contributed by atoms with Crippen LogP contribution in [0, 0.1) is 5.82 Å². The Labute approximate surface area is 130 Å². The lowest BCUT2D eigenvalue weighted by Gasteiger charge is -2.29. The van der Waals surface area contributed by atoms with Crippen molar-refractivity contribution in [2.24, 2.45) is 0 Å². The molecule has 1 fully saturated rings. The zero-order valence-electron chi connectivity index (χ0n) is 12.5. The third kappa shape index (κ3) is 4.25. The van der Waals surface area contributed by atoms with Gasteiger partial charge in [-0.25, -0.2) is 4.39 Å². The minimum atomic E-state index is -3.63. The van der Waals surface area contributed by atoms with Gasteiger partial charge in [-0.3, -0.25) is 4.79 Å². The fourth-order valence-corrected chi connectivity index (χ4v) is 3.74. The van der Waals surface area contributed by atoms with E-state index in [1.165, 1.54) is 29.6 Å². The van der Waals surface area contributed by atoms with Crippen molar-refractivity contribution in [2.75, 3.05) is 32.0 Å². The molecule has 1 aliphatic heterocycles. The highest BCUT2D eigenvalue weighted by Gasteiger charge is 2.29. The van der Waals surface area contributed by atoms with E-state index >= 15 is 0 Å². The first-order chi connectivity index (χ1) is 10.4. The molecule has 0 spiro atoms. The Hall–Kier alpha value is -1.51. The van der Waals surface area contributed by atoms with Crippen molar-refractivity contribution in [3.63, 3.8) is 0 Å². The summed E-state index contributed by atoms with van der Waals surface area (Å²) in [6.07, 6.45) is 2.70. The molecule has 0 unspecified atom stereocenters. The molecule has 1 N–H and O–H groups in total. The second-order valence-corrected chi connectivity index (χ2v) is 7.32. The van der Waals surface area contributed by atoms with Crippen molar-refractivity contribution in [3.8, 4) is 0 Å². The highest BCUT2D eigenvalue weighted by atomic mass is 32.2. The number of nitrogens with one attached hydrogen (secondary N) is 1. The summed E-state index contributed by atoms with van der Waals surface area (Å²) in [5.74, 6) is -0.972. The molecule has 1 amide bonds. The predicted molar refractivity (Wildman–Crippen MR) is 82.0 cm³/mol. The van der Waals surface area contributed by atoms with Gasteiger partial charge in [-0.2, -0.15) is 17.0 Å². The Morgan fingerprint density at radius 1 is 1.32 bits per heavy atom. The average molecular weight is 329 g/mol. The lowest BCUT2D eigenvalue weighted by atomic mass is 10.2. The smallest absolute Gasteiger partial charge is 0.282 e. The van der Waals surface area contributed by atoms with Gasteiger partial charge in [-0.1, -0.05) is 12.5 Å². The molecule has 122 valence electrons. The molecular formula is C14H20FN3O3S. The third-order valence-corrected chi connectivity index (χ3v) is 5.44. The average Bonchev–Trinajstić information content (AvgIpc) is 2.48. The minimum absolute atomic E-state index is 0.300. The number of carbonyl (C=O) groups excluding carboxylic acids is 1. The molecular weight excluding hydrogens is 309 g/mol. The second kappa shape index (κ2) is 7.17. The van der Waals surface area contributed by atoms with Gasteiger partial charge in [0.15, 0.2) is 0 Å². The SMILES string of the molecule is CN(CC(=O)Nc1cccc(F)c1)S(=O)(=O)N1CCCCC1. The van der Waals surface area contributed by atoms with Crippen LogP contribution in [0.3, 0.4) is 0 Å². The first-order valence-electron chi connectivity index (χ1n) is 7.16. The number of nitrogens with zero attached hydrogens (tertiary/aromatic N) is 2. The summed E-state index contributed by atoms with van der Waals surface area (Å²) in [4.78, 5) is 11.9. The van der Waals surface area contributed by atoms with Crippen LogP contribution in [0.4, 0.5) is 10.1 Å². The molecule has 2 rings (SSSR count). The van der Waals surface area contributed by atoms with Crippen molar-refractivity contribution in [2.45, 2.75) is 19.3 Å². The maximum atomic E-state index is 13.0. The van der Waals surface area contributed by atoms with Gasteiger partial charge in [0, 0.05) is 25.8 Å². The van der Waals surface area contributed by atoms with Crippen LogP contribution in [-0.2, 0) is 15.0 Å². The molecule has 0 saturated carbocycles. The van der Waals surface area contributed by atoms with Crippen molar-refractivity contribution in [1.82, 2.24) is 8.61 Å². The van der Waals surface area contributed by atoms with Gasteiger partial charge >= 0.3 is 0 Å². The molecule has 8 heteroatoms. The number of carbonyl (C=O) groups is 1. The van der Waals surface area contributed by atoms with Gasteiger partial charge in [-0.05, 0) is 31.0 Å². The molecule has 0 aliphatic carbocycles. The zero-order chi connectivity index (χ0) is 16.2. The third-order valence-electron chi connectivity index (χ3n) is 3.51. The summed E-state index contributed by atoms with van der Waals surface area (Å²) in [6.45, 7) is 0.658. The first-order valence-corrected chi connectivity index (χ1v) is 8.56. The van der Waals surface area contributed by atoms with Crippen molar-refractivity contribution in [3.05, 3.63) is 30.1 Å². The largest absolute Gasteiger partial charge is 0.325 e. The molecule has 1 aromatic rings. The molecule has 1 aliphatic rings. The topological polar surface area (TPSA) is 69.7 Å². The standard InChI is InChI=1S/C14H20FN3O3S/c1-17(22(20,21)18-8-3-2-4-9-18)11-14(19)16-13-7-5-6-12(15)10-13/h5-7,10H,2-4,8-9,11H2,1H3,(H,16,19). The summed E-state index contributed by atoms with van der Waals surface area (Å²) in [5.41, 5.74) is 0.300. The Morgan fingerprint density at radius 2 is 2.00 bits per heavy atom. The van der Waals surface area contributed by atoms with E-state index in [1.807, 2.05) is 0 Å². The van der Waals surface area contributed by atoms with Crippen LogP contribution < -0.4 is 5.32 Å². The van der Waals surface area contributed by atoms with E-state index in [4.69, 9.17) is 0 Å². The van der Waals surface area contributed by atoms with Crippen LogP contribution in [0.2, 0.25) is 0 Å². The number of hydrogen-bond acceptors (Lipinski definition) is 3. The highest BCUT2D eigenvalue weighted by Crippen LogP contribution is 2.15. The summed E-state index contributed by atoms with van der Waals surface area (Å²) < 4.78 is 40.1. The minimum Gasteiger partial charge on any atom is -0.325 e. The number of halogens is 1. The van der Waals surface area contributed by atoms with E-state index < -0.39 is 21.9 Å². The van der Waals surface area contributed by atoms with Gasteiger partial charge in [0.1, 0.15) is 5.82 Å². The fourth-order valence-electron chi connectivity index (χ4n) is 2.34. The van der Waals surface area contributed by atoms with Crippen molar-refractivity contribution < 1.29 is 17.6 Å². The molecule has 0 bridgehead atoms. The molecule has 0 radical (unpaired) electrons. The number of amides is 1. The van der Waals surface area contributed by atoms with Gasteiger partial charge in [-0.15, -0.1) is 0 Å². The lowest BCUT2D eigenvalue weighted by Crippen LogP contribution is -2.46. The molecule has 1 aromatic carbocycles. The normalized spacial score (nSPS) is 16.7. The first kappa shape index (κ1) is 16.9. The van der Waals surface area contributed by atoms with Gasteiger partial charge in [0.05, 0.1) is 6.54 Å². The van der Waals surface area contributed by atoms with E-state index in [0.29, 0.717) is 18.8 Å². The van der Waals surface area contributed by atoms with Gasteiger partial charge in [0.25, 0.3) is 10.2 Å². The highest BCUT2D eigenvalue weighted by molar-refractivity contribution is 7.86. The number of likely N-dealkylation sites (N-methyl/N-ethyl adjacent to an activating group) is 1. The van der Waals surface area contributed by atoms with Crippen molar-refractivity contribution >= 4 is 21.8 Å². The Balaban J connectivity index is 1.95. The van der Waals surface area contributed by atoms with Gasteiger partial charge < -0.3 is 5.32 Å². The van der Waals surface area contributed by atoms with Crippen molar-refractivity contribution in [1.29, 1.82) is 0 Å². The number of benzene rings is 1. The summed E-state index contributed by atoms with van der Waals surface area (Å²) in [5, 5.41) is 2.49. The summed E-state index contributed by atoms with van der Waals surface area (Å²) in [7, 11) is -2.26. The maximum absolute atomic E-state index is 13.0. The van der Waals surface area contributed by atoms with Crippen LogP contribution >= 0.6 is 0 Å². The van der Waals surface area contributed by atoms with Gasteiger partial charge in [0.2, 0.25) is 5.91 Å². The van der Waals surface area contributed by atoms with E-state index in [1.54, 1.807) is 6.07 Å². The second-order valence-electron chi connectivity index (χ2n) is 5.28. The summed E-state index contributed by atoms with van der Waals surface area (Å²) >= 11 is 0.